The second-order valence-corrected chi connectivity index (χ2v) is 7.86. The van der Waals surface area contributed by atoms with Gasteiger partial charge in [-0.2, -0.15) is 5.10 Å². The third-order valence-electron chi connectivity index (χ3n) is 5.24. The Kier molecular flexibility index (Phi) is 5.58. The van der Waals surface area contributed by atoms with E-state index in [1.54, 1.807) is 35.4 Å². The molecular weight excluding hydrogens is 413 g/mol. The third kappa shape index (κ3) is 4.01. The van der Waals surface area contributed by atoms with Crippen LogP contribution in [-0.4, -0.2) is 62.8 Å². The highest BCUT2D eigenvalue weighted by Gasteiger charge is 2.27. The molecule has 1 atom stereocenters. The van der Waals surface area contributed by atoms with Crippen LogP contribution < -0.4 is 10.2 Å². The zero-order valence-electron chi connectivity index (χ0n) is 16.1. The fourth-order valence-corrected chi connectivity index (χ4v) is 3.97. The summed E-state index contributed by atoms with van der Waals surface area (Å²) in [4.78, 5) is 25.8. The molecule has 0 aliphatic carbocycles. The minimum atomic E-state index is -0.285. The van der Waals surface area contributed by atoms with Gasteiger partial charge in [-0.15, -0.1) is 0 Å². The monoisotopic (exact) mass is 433 g/mol. The Bertz CT molecular complexity index is 1050. The van der Waals surface area contributed by atoms with Crippen molar-refractivity contribution in [1.82, 2.24) is 24.6 Å². The zero-order chi connectivity index (χ0) is 20.5. The van der Waals surface area contributed by atoms with Crippen LogP contribution in [0.15, 0.2) is 30.7 Å². The number of hydrogen-bond acceptors (Lipinski definition) is 6. The number of amides is 1. The number of carbonyl (C=O) groups excluding carboxylic acids is 1. The summed E-state index contributed by atoms with van der Waals surface area (Å²) in [5.74, 6) is 0.784. The normalized spacial score (nSPS) is 16.2. The van der Waals surface area contributed by atoms with Crippen LogP contribution in [0.2, 0.25) is 10.0 Å². The molecule has 1 saturated heterocycles. The van der Waals surface area contributed by atoms with Gasteiger partial charge in [0.15, 0.2) is 5.65 Å². The molecule has 1 aliphatic rings. The molecule has 1 fully saturated rings. The van der Waals surface area contributed by atoms with Gasteiger partial charge in [0.2, 0.25) is 5.91 Å². The molecule has 0 spiro atoms. The summed E-state index contributed by atoms with van der Waals surface area (Å²) >= 11 is 12.1. The molecule has 10 heteroatoms. The van der Waals surface area contributed by atoms with E-state index in [-0.39, 0.29) is 11.9 Å². The predicted octanol–water partition coefficient (Wildman–Crippen LogP) is 2.82. The summed E-state index contributed by atoms with van der Waals surface area (Å²) in [5, 5.41) is 9.05. The van der Waals surface area contributed by atoms with Crippen molar-refractivity contribution >= 4 is 51.6 Å². The molecule has 3 aromatic rings. The standard InChI is InChI=1S/C19H21Cl2N7O/c1-12(19(29)25-16-4-3-13(20)9-15(16)21)27-5-7-28(8-6-27)18-14-10-24-26(2)17(14)22-11-23-18/h3-4,9-12H,5-8H2,1-2H3,(H,25,29)/t12-/m0/s1. The van der Waals surface area contributed by atoms with Gasteiger partial charge in [-0.3, -0.25) is 14.4 Å². The number of halogens is 2. The summed E-state index contributed by atoms with van der Waals surface area (Å²) in [5.41, 5.74) is 1.37. The van der Waals surface area contributed by atoms with Gasteiger partial charge < -0.3 is 10.2 Å². The highest BCUT2D eigenvalue weighted by Crippen LogP contribution is 2.26. The van der Waals surface area contributed by atoms with Gasteiger partial charge in [0, 0.05) is 38.2 Å². The fourth-order valence-electron chi connectivity index (χ4n) is 3.52. The van der Waals surface area contributed by atoms with Crippen LogP contribution >= 0.6 is 23.2 Å². The Morgan fingerprint density at radius 3 is 2.66 bits per heavy atom. The van der Waals surface area contributed by atoms with Crippen molar-refractivity contribution in [2.24, 2.45) is 7.05 Å². The minimum Gasteiger partial charge on any atom is -0.353 e. The average Bonchev–Trinajstić information content (AvgIpc) is 3.11. The first-order valence-electron chi connectivity index (χ1n) is 9.31. The van der Waals surface area contributed by atoms with Crippen molar-refractivity contribution in [2.45, 2.75) is 13.0 Å². The third-order valence-corrected chi connectivity index (χ3v) is 5.79. The molecule has 0 bridgehead atoms. The molecule has 1 aliphatic heterocycles. The lowest BCUT2D eigenvalue weighted by Gasteiger charge is -2.38. The van der Waals surface area contributed by atoms with E-state index in [9.17, 15) is 4.79 Å². The summed E-state index contributed by atoms with van der Waals surface area (Å²) < 4.78 is 1.74. The van der Waals surface area contributed by atoms with Crippen molar-refractivity contribution in [3.05, 3.63) is 40.8 Å². The second-order valence-electron chi connectivity index (χ2n) is 7.02. The van der Waals surface area contributed by atoms with E-state index in [1.165, 1.54) is 0 Å². The van der Waals surface area contributed by atoms with Crippen molar-refractivity contribution in [2.75, 3.05) is 36.4 Å². The number of hydrogen-bond donors (Lipinski definition) is 1. The second kappa shape index (κ2) is 8.14. The summed E-state index contributed by atoms with van der Waals surface area (Å²) in [6, 6.07) is 4.74. The number of fused-ring (bicyclic) bond motifs is 1. The van der Waals surface area contributed by atoms with Gasteiger partial charge in [-0.25, -0.2) is 9.97 Å². The summed E-state index contributed by atoms with van der Waals surface area (Å²) in [7, 11) is 1.87. The number of carbonyl (C=O) groups is 1. The number of rotatable bonds is 4. The number of anilines is 2. The predicted molar refractivity (Wildman–Crippen MR) is 115 cm³/mol. The average molecular weight is 434 g/mol. The van der Waals surface area contributed by atoms with Gasteiger partial charge >= 0.3 is 0 Å². The van der Waals surface area contributed by atoms with E-state index >= 15 is 0 Å². The van der Waals surface area contributed by atoms with Crippen LogP contribution in [0.4, 0.5) is 11.5 Å². The topological polar surface area (TPSA) is 79.2 Å². The lowest BCUT2D eigenvalue weighted by Crippen LogP contribution is -2.53. The number of nitrogens with one attached hydrogen (secondary N) is 1. The van der Waals surface area contributed by atoms with Crippen LogP contribution in [-0.2, 0) is 11.8 Å². The van der Waals surface area contributed by atoms with Crippen LogP contribution in [0.25, 0.3) is 11.0 Å². The number of nitrogens with zero attached hydrogens (tertiary/aromatic N) is 6. The molecule has 8 nitrogen and oxygen atoms in total. The van der Waals surface area contributed by atoms with Crippen LogP contribution in [0.3, 0.4) is 0 Å². The molecule has 1 aromatic carbocycles. The molecule has 0 unspecified atom stereocenters. The van der Waals surface area contributed by atoms with Crippen LogP contribution in [0, 0.1) is 0 Å². The molecule has 29 heavy (non-hydrogen) atoms. The maximum atomic E-state index is 12.7. The molecule has 0 saturated carbocycles. The first-order valence-corrected chi connectivity index (χ1v) is 10.1. The van der Waals surface area contributed by atoms with Gasteiger partial charge in [-0.1, -0.05) is 23.2 Å². The highest BCUT2D eigenvalue weighted by atomic mass is 35.5. The highest BCUT2D eigenvalue weighted by molar-refractivity contribution is 6.36. The number of aromatic nitrogens is 4. The largest absolute Gasteiger partial charge is 0.353 e. The quantitative estimate of drug-likeness (QED) is 0.681. The lowest BCUT2D eigenvalue weighted by atomic mass is 10.2. The molecule has 0 radical (unpaired) electrons. The number of benzene rings is 1. The zero-order valence-corrected chi connectivity index (χ0v) is 17.7. The lowest BCUT2D eigenvalue weighted by molar-refractivity contribution is -0.120. The van der Waals surface area contributed by atoms with Crippen LogP contribution in [0.1, 0.15) is 6.92 Å². The van der Waals surface area contributed by atoms with Gasteiger partial charge in [0.1, 0.15) is 12.1 Å². The summed E-state index contributed by atoms with van der Waals surface area (Å²) in [6.45, 7) is 4.92. The van der Waals surface area contributed by atoms with E-state index in [1.807, 2.05) is 14.0 Å². The maximum Gasteiger partial charge on any atom is 0.241 e. The number of aryl methyl sites for hydroxylation is 1. The van der Waals surface area contributed by atoms with Crippen molar-refractivity contribution < 1.29 is 4.79 Å². The van der Waals surface area contributed by atoms with Gasteiger partial charge in [0.05, 0.1) is 28.3 Å². The van der Waals surface area contributed by atoms with Gasteiger partial charge in [-0.05, 0) is 25.1 Å². The number of piperazine rings is 1. The van der Waals surface area contributed by atoms with E-state index in [0.717, 1.165) is 43.0 Å². The van der Waals surface area contributed by atoms with E-state index < -0.39 is 0 Å². The Morgan fingerprint density at radius 2 is 1.93 bits per heavy atom. The molecular formula is C19H21Cl2N7O. The van der Waals surface area contributed by atoms with Crippen molar-refractivity contribution in [3.63, 3.8) is 0 Å². The van der Waals surface area contributed by atoms with Crippen molar-refractivity contribution in [3.8, 4) is 0 Å². The molecule has 4 rings (SSSR count). The minimum absolute atomic E-state index is 0.0978. The molecule has 1 amide bonds. The molecule has 3 heterocycles. The Balaban J connectivity index is 1.40. The van der Waals surface area contributed by atoms with Gasteiger partial charge in [0.25, 0.3) is 0 Å². The Hall–Kier alpha value is -2.42. The van der Waals surface area contributed by atoms with E-state index in [0.29, 0.717) is 15.7 Å². The first-order chi connectivity index (χ1) is 13.9. The smallest absolute Gasteiger partial charge is 0.241 e. The van der Waals surface area contributed by atoms with Crippen molar-refractivity contribution in [1.29, 1.82) is 0 Å². The van der Waals surface area contributed by atoms with E-state index in [4.69, 9.17) is 23.2 Å². The fraction of sp³-hybridized carbons (Fsp3) is 0.368. The Morgan fingerprint density at radius 1 is 1.17 bits per heavy atom. The maximum absolute atomic E-state index is 12.7. The van der Waals surface area contributed by atoms with E-state index in [2.05, 4.69) is 30.2 Å². The molecule has 2 aromatic heterocycles. The Labute approximate surface area is 178 Å². The SMILES string of the molecule is C[C@@H](C(=O)Nc1ccc(Cl)cc1Cl)N1CCN(c2ncnc3c2cnn3C)CC1. The molecule has 1 N–H and O–H groups in total. The van der Waals surface area contributed by atoms with Crippen LogP contribution in [0.5, 0.6) is 0 Å². The summed E-state index contributed by atoms with van der Waals surface area (Å²) in [6.07, 6.45) is 3.36. The molecule has 152 valence electrons. The first kappa shape index (κ1) is 19.9.